The first-order valence-corrected chi connectivity index (χ1v) is 8.29. The number of carbonyl (C=O) groups is 1. The van der Waals surface area contributed by atoms with Crippen molar-refractivity contribution >= 4 is 28.9 Å². The highest BCUT2D eigenvalue weighted by Crippen LogP contribution is 2.22. The van der Waals surface area contributed by atoms with Crippen molar-refractivity contribution < 1.29 is 4.79 Å². The molecule has 0 radical (unpaired) electrons. The molecule has 3 rings (SSSR count). The third kappa shape index (κ3) is 4.37. The molecule has 1 amide bonds. The second-order valence-electron chi connectivity index (χ2n) is 5.61. The van der Waals surface area contributed by atoms with Gasteiger partial charge in [0.1, 0.15) is 5.69 Å². The Morgan fingerprint density at radius 1 is 1.00 bits per heavy atom. The molecule has 0 saturated heterocycles. The molecular formula is C20H18ClN3O. The molecule has 126 valence electrons. The number of aromatic nitrogens is 1. The summed E-state index contributed by atoms with van der Waals surface area (Å²) in [6.45, 7) is 0.434. The average molecular weight is 352 g/mol. The number of amides is 1. The number of carbonyl (C=O) groups excluding carboxylic acids is 1. The van der Waals surface area contributed by atoms with Crippen LogP contribution in [0.4, 0.5) is 11.4 Å². The molecular weight excluding hydrogens is 334 g/mol. The molecule has 0 spiro atoms. The quantitative estimate of drug-likeness (QED) is 0.739. The first kappa shape index (κ1) is 17.0. The van der Waals surface area contributed by atoms with Crippen LogP contribution in [0.3, 0.4) is 0 Å². The Bertz CT molecular complexity index is 833. The van der Waals surface area contributed by atoms with E-state index in [0.717, 1.165) is 16.9 Å². The Morgan fingerprint density at radius 3 is 2.36 bits per heavy atom. The summed E-state index contributed by atoms with van der Waals surface area (Å²) < 4.78 is 0. The zero-order chi connectivity index (χ0) is 17.6. The van der Waals surface area contributed by atoms with Crippen molar-refractivity contribution in [3.8, 4) is 0 Å². The van der Waals surface area contributed by atoms with Gasteiger partial charge in [-0.25, -0.2) is 4.98 Å². The molecule has 1 aromatic heterocycles. The maximum Gasteiger partial charge on any atom is 0.270 e. The van der Waals surface area contributed by atoms with E-state index in [-0.39, 0.29) is 5.91 Å². The minimum absolute atomic E-state index is 0.205. The SMILES string of the molecule is CN(c1ccccc1)c1ccc(C(=O)NCc2ccc(Cl)cc2)nc1. The average Bonchev–Trinajstić information content (AvgIpc) is 2.67. The molecule has 5 heteroatoms. The van der Waals surface area contributed by atoms with E-state index in [1.807, 2.05) is 60.5 Å². The first-order valence-electron chi connectivity index (χ1n) is 7.91. The van der Waals surface area contributed by atoms with Crippen LogP contribution in [-0.4, -0.2) is 17.9 Å². The fourth-order valence-electron chi connectivity index (χ4n) is 2.39. The van der Waals surface area contributed by atoms with Crippen LogP contribution in [0.15, 0.2) is 72.9 Å². The number of anilines is 2. The summed E-state index contributed by atoms with van der Waals surface area (Å²) in [5.74, 6) is -0.205. The van der Waals surface area contributed by atoms with Crippen LogP contribution in [0, 0.1) is 0 Å². The maximum absolute atomic E-state index is 12.2. The van der Waals surface area contributed by atoms with E-state index in [1.54, 1.807) is 24.4 Å². The van der Waals surface area contributed by atoms with Crippen molar-refractivity contribution in [1.29, 1.82) is 0 Å². The number of hydrogen-bond acceptors (Lipinski definition) is 3. The largest absolute Gasteiger partial charge is 0.347 e. The zero-order valence-electron chi connectivity index (χ0n) is 13.8. The molecule has 0 aliphatic rings. The summed E-state index contributed by atoms with van der Waals surface area (Å²) >= 11 is 5.85. The molecule has 0 saturated carbocycles. The van der Waals surface area contributed by atoms with E-state index < -0.39 is 0 Å². The Morgan fingerprint density at radius 2 is 1.72 bits per heavy atom. The highest BCUT2D eigenvalue weighted by molar-refractivity contribution is 6.30. The third-order valence-corrected chi connectivity index (χ3v) is 4.13. The van der Waals surface area contributed by atoms with Crippen molar-refractivity contribution in [2.75, 3.05) is 11.9 Å². The number of nitrogens with one attached hydrogen (secondary N) is 1. The van der Waals surface area contributed by atoms with Gasteiger partial charge in [0.15, 0.2) is 0 Å². The molecule has 0 bridgehead atoms. The molecule has 2 aromatic carbocycles. The van der Waals surface area contributed by atoms with Crippen LogP contribution < -0.4 is 10.2 Å². The fraction of sp³-hybridized carbons (Fsp3) is 0.100. The van der Waals surface area contributed by atoms with E-state index in [9.17, 15) is 4.79 Å². The van der Waals surface area contributed by atoms with Crippen LogP contribution in [0.5, 0.6) is 0 Å². The standard InChI is InChI=1S/C20H18ClN3O/c1-24(17-5-3-2-4-6-17)18-11-12-19(22-14-18)20(25)23-13-15-7-9-16(21)10-8-15/h2-12,14H,13H2,1H3,(H,23,25). The van der Waals surface area contributed by atoms with Crippen LogP contribution in [0.25, 0.3) is 0 Å². The normalized spacial score (nSPS) is 10.3. The van der Waals surface area contributed by atoms with E-state index in [0.29, 0.717) is 17.3 Å². The van der Waals surface area contributed by atoms with Crippen LogP contribution >= 0.6 is 11.6 Å². The lowest BCUT2D eigenvalue weighted by atomic mass is 10.2. The Hall–Kier alpha value is -2.85. The lowest BCUT2D eigenvalue weighted by Gasteiger charge is -2.19. The molecule has 0 aliphatic heterocycles. The summed E-state index contributed by atoms with van der Waals surface area (Å²) in [7, 11) is 1.96. The van der Waals surface area contributed by atoms with Gasteiger partial charge >= 0.3 is 0 Å². The molecule has 3 aromatic rings. The van der Waals surface area contributed by atoms with Gasteiger partial charge in [0.2, 0.25) is 0 Å². The summed E-state index contributed by atoms with van der Waals surface area (Å²) in [6, 6.07) is 21.0. The Balaban J connectivity index is 1.63. The fourth-order valence-corrected chi connectivity index (χ4v) is 2.52. The molecule has 0 unspecified atom stereocenters. The topological polar surface area (TPSA) is 45.2 Å². The molecule has 0 atom stereocenters. The summed E-state index contributed by atoms with van der Waals surface area (Å²) in [5, 5.41) is 3.53. The zero-order valence-corrected chi connectivity index (χ0v) is 14.6. The number of para-hydroxylation sites is 1. The highest BCUT2D eigenvalue weighted by atomic mass is 35.5. The second-order valence-corrected chi connectivity index (χ2v) is 6.04. The van der Waals surface area contributed by atoms with E-state index in [1.165, 1.54) is 0 Å². The number of pyridine rings is 1. The first-order chi connectivity index (χ1) is 12.1. The molecule has 4 nitrogen and oxygen atoms in total. The van der Waals surface area contributed by atoms with E-state index in [2.05, 4.69) is 10.3 Å². The van der Waals surface area contributed by atoms with Crippen LogP contribution in [-0.2, 0) is 6.54 Å². The summed E-state index contributed by atoms with van der Waals surface area (Å²) in [4.78, 5) is 18.5. The summed E-state index contributed by atoms with van der Waals surface area (Å²) in [6.07, 6.45) is 1.70. The molecule has 1 N–H and O–H groups in total. The van der Waals surface area contributed by atoms with Gasteiger partial charge in [0, 0.05) is 24.3 Å². The van der Waals surface area contributed by atoms with Gasteiger partial charge in [0.05, 0.1) is 11.9 Å². The minimum Gasteiger partial charge on any atom is -0.347 e. The van der Waals surface area contributed by atoms with Gasteiger partial charge in [-0.15, -0.1) is 0 Å². The molecule has 0 fully saturated rings. The van der Waals surface area contributed by atoms with Crippen molar-refractivity contribution in [2.24, 2.45) is 0 Å². The Labute approximate surface area is 152 Å². The number of rotatable bonds is 5. The lowest BCUT2D eigenvalue weighted by molar-refractivity contribution is 0.0946. The number of benzene rings is 2. The van der Waals surface area contributed by atoms with Gasteiger partial charge in [-0.2, -0.15) is 0 Å². The van der Waals surface area contributed by atoms with Gasteiger partial charge < -0.3 is 10.2 Å². The third-order valence-electron chi connectivity index (χ3n) is 3.88. The van der Waals surface area contributed by atoms with Crippen LogP contribution in [0.1, 0.15) is 16.1 Å². The van der Waals surface area contributed by atoms with Crippen LogP contribution in [0.2, 0.25) is 5.02 Å². The molecule has 25 heavy (non-hydrogen) atoms. The van der Waals surface area contributed by atoms with E-state index in [4.69, 9.17) is 11.6 Å². The van der Waals surface area contributed by atoms with Gasteiger partial charge in [0.25, 0.3) is 5.91 Å². The van der Waals surface area contributed by atoms with Gasteiger partial charge in [-0.05, 0) is 42.0 Å². The Kier molecular flexibility index (Phi) is 5.31. The molecule has 1 heterocycles. The van der Waals surface area contributed by atoms with Crippen molar-refractivity contribution in [1.82, 2.24) is 10.3 Å². The lowest BCUT2D eigenvalue weighted by Crippen LogP contribution is -2.23. The minimum atomic E-state index is -0.205. The van der Waals surface area contributed by atoms with Crippen molar-refractivity contribution in [3.05, 3.63) is 89.2 Å². The predicted octanol–water partition coefficient (Wildman–Crippen LogP) is 4.43. The second kappa shape index (κ2) is 7.81. The molecule has 0 aliphatic carbocycles. The monoisotopic (exact) mass is 351 g/mol. The van der Waals surface area contributed by atoms with Crippen molar-refractivity contribution in [3.63, 3.8) is 0 Å². The predicted molar refractivity (Wildman–Crippen MR) is 101 cm³/mol. The van der Waals surface area contributed by atoms with Crippen molar-refractivity contribution in [2.45, 2.75) is 6.54 Å². The van der Waals surface area contributed by atoms with Gasteiger partial charge in [-0.1, -0.05) is 41.9 Å². The number of nitrogens with zero attached hydrogens (tertiary/aromatic N) is 2. The smallest absolute Gasteiger partial charge is 0.270 e. The maximum atomic E-state index is 12.2. The number of hydrogen-bond donors (Lipinski definition) is 1. The number of halogens is 1. The van der Waals surface area contributed by atoms with E-state index >= 15 is 0 Å². The van der Waals surface area contributed by atoms with Gasteiger partial charge in [-0.3, -0.25) is 4.79 Å². The highest BCUT2D eigenvalue weighted by Gasteiger charge is 2.09. The summed E-state index contributed by atoms with van der Waals surface area (Å²) in [5.41, 5.74) is 3.35.